The van der Waals surface area contributed by atoms with Gasteiger partial charge in [-0.25, -0.2) is 0 Å². The van der Waals surface area contributed by atoms with E-state index in [1.165, 1.54) is 0 Å². The third-order valence-electron chi connectivity index (χ3n) is 5.58. The first-order chi connectivity index (χ1) is 16.0. The highest BCUT2D eigenvalue weighted by molar-refractivity contribution is 5.92. The molecule has 3 aromatic rings. The van der Waals surface area contributed by atoms with Crippen LogP contribution in [0.1, 0.15) is 37.2 Å². The van der Waals surface area contributed by atoms with Gasteiger partial charge in [-0.1, -0.05) is 56.3 Å². The molecule has 0 aliphatic carbocycles. The van der Waals surface area contributed by atoms with Gasteiger partial charge < -0.3 is 19.4 Å². The van der Waals surface area contributed by atoms with Crippen LogP contribution in [0.2, 0.25) is 0 Å². The number of hydrogen-bond donors (Lipinski definition) is 1. The molecule has 33 heavy (non-hydrogen) atoms. The number of ether oxygens (including phenoxy) is 1. The van der Waals surface area contributed by atoms with E-state index in [2.05, 4.69) is 19.2 Å². The summed E-state index contributed by atoms with van der Waals surface area (Å²) in [5.74, 6) is 2.01. The van der Waals surface area contributed by atoms with Gasteiger partial charge in [-0.15, -0.1) is 0 Å². The molecule has 1 aliphatic heterocycles. The molecule has 0 radical (unpaired) electrons. The third-order valence-corrected chi connectivity index (χ3v) is 5.58. The summed E-state index contributed by atoms with van der Waals surface area (Å²) in [6.45, 7) is 5.76. The molecule has 2 heterocycles. The molecule has 0 spiro atoms. The largest absolute Gasteiger partial charge is 0.461 e. The zero-order valence-corrected chi connectivity index (χ0v) is 19.2. The van der Waals surface area contributed by atoms with Gasteiger partial charge in [0, 0.05) is 42.7 Å². The molecule has 2 aromatic carbocycles. The van der Waals surface area contributed by atoms with E-state index in [1.807, 2.05) is 65.6 Å². The number of carbonyl (C=O) groups excluding carboxylic acids is 2. The van der Waals surface area contributed by atoms with Gasteiger partial charge in [0.15, 0.2) is 0 Å². The van der Waals surface area contributed by atoms with Crippen LogP contribution >= 0.6 is 0 Å². The molecule has 172 valence electrons. The second kappa shape index (κ2) is 10.5. The van der Waals surface area contributed by atoms with E-state index in [1.54, 1.807) is 0 Å². The fourth-order valence-corrected chi connectivity index (χ4v) is 3.95. The molecule has 1 aromatic heterocycles. The minimum Gasteiger partial charge on any atom is -0.461 e. The normalized spacial score (nSPS) is 13.1. The van der Waals surface area contributed by atoms with E-state index >= 15 is 0 Å². The van der Waals surface area contributed by atoms with E-state index in [9.17, 15) is 9.59 Å². The van der Waals surface area contributed by atoms with Gasteiger partial charge in [-0.05, 0) is 29.7 Å². The number of furan rings is 1. The molecule has 0 saturated carbocycles. The Morgan fingerprint density at radius 2 is 1.91 bits per heavy atom. The van der Waals surface area contributed by atoms with Crippen LogP contribution in [0, 0.1) is 5.92 Å². The fraction of sp³-hybridized carbons (Fsp3) is 0.333. The van der Waals surface area contributed by atoms with Crippen LogP contribution in [0.15, 0.2) is 65.1 Å². The summed E-state index contributed by atoms with van der Waals surface area (Å²) in [6.07, 6.45) is 1.28. The van der Waals surface area contributed by atoms with Gasteiger partial charge in [-0.2, -0.15) is 0 Å². The Morgan fingerprint density at radius 1 is 1.09 bits per heavy atom. The lowest BCUT2D eigenvalue weighted by Gasteiger charge is -2.26. The predicted molar refractivity (Wildman–Crippen MR) is 127 cm³/mol. The van der Waals surface area contributed by atoms with Crippen LogP contribution in [-0.2, 0) is 33.9 Å². The Hall–Kier alpha value is -3.38. The topological polar surface area (TPSA) is 71.8 Å². The second-order valence-corrected chi connectivity index (χ2v) is 8.83. The van der Waals surface area contributed by atoms with Crippen LogP contribution in [0.3, 0.4) is 0 Å². The summed E-state index contributed by atoms with van der Waals surface area (Å²) >= 11 is 0. The molecule has 2 amide bonds. The van der Waals surface area contributed by atoms with Gasteiger partial charge in [0.05, 0.1) is 6.61 Å². The summed E-state index contributed by atoms with van der Waals surface area (Å²) in [5, 5.41) is 2.88. The quantitative estimate of drug-likeness (QED) is 0.527. The Kier molecular flexibility index (Phi) is 7.25. The molecule has 0 fully saturated rings. The molecule has 4 rings (SSSR count). The minimum absolute atomic E-state index is 0.0194. The van der Waals surface area contributed by atoms with Crippen molar-refractivity contribution in [1.82, 2.24) is 4.90 Å². The number of nitrogens with one attached hydrogen (secondary N) is 1. The number of hydrogen-bond acceptors (Lipinski definition) is 4. The van der Waals surface area contributed by atoms with Crippen molar-refractivity contribution in [3.05, 3.63) is 77.6 Å². The van der Waals surface area contributed by atoms with Gasteiger partial charge in [-0.3, -0.25) is 9.59 Å². The fourth-order valence-electron chi connectivity index (χ4n) is 3.95. The SMILES string of the molecule is CC(C)CC(=O)N1CCc2oc(-c3cccc(NC(=O)COCc4ccccc4)c3)cc2C1. The maximum Gasteiger partial charge on any atom is 0.250 e. The summed E-state index contributed by atoms with van der Waals surface area (Å²) in [6, 6.07) is 19.3. The van der Waals surface area contributed by atoms with E-state index < -0.39 is 0 Å². The molecule has 0 saturated heterocycles. The Balaban J connectivity index is 1.36. The minimum atomic E-state index is -0.207. The van der Waals surface area contributed by atoms with E-state index in [4.69, 9.17) is 9.15 Å². The molecule has 0 atom stereocenters. The number of fused-ring (bicyclic) bond motifs is 1. The first kappa shape index (κ1) is 22.8. The van der Waals surface area contributed by atoms with E-state index in [0.717, 1.165) is 28.2 Å². The summed E-state index contributed by atoms with van der Waals surface area (Å²) in [4.78, 5) is 26.6. The van der Waals surface area contributed by atoms with Gasteiger partial charge >= 0.3 is 0 Å². The number of anilines is 1. The first-order valence-electron chi connectivity index (χ1n) is 11.4. The first-order valence-corrected chi connectivity index (χ1v) is 11.4. The van der Waals surface area contributed by atoms with Crippen LogP contribution in [0.5, 0.6) is 0 Å². The molecule has 1 N–H and O–H groups in total. The highest BCUT2D eigenvalue weighted by Gasteiger charge is 2.24. The van der Waals surface area contributed by atoms with E-state index in [-0.39, 0.29) is 18.4 Å². The lowest BCUT2D eigenvalue weighted by atomic mass is 10.0. The smallest absolute Gasteiger partial charge is 0.250 e. The van der Waals surface area contributed by atoms with Crippen molar-refractivity contribution in [3.63, 3.8) is 0 Å². The highest BCUT2D eigenvalue weighted by Crippen LogP contribution is 2.31. The second-order valence-electron chi connectivity index (χ2n) is 8.83. The maximum atomic E-state index is 12.4. The third kappa shape index (κ3) is 6.11. The van der Waals surface area contributed by atoms with Gasteiger partial charge in [0.2, 0.25) is 11.8 Å². The van der Waals surface area contributed by atoms with Gasteiger partial charge in [0.25, 0.3) is 0 Å². The number of amides is 2. The molecule has 0 unspecified atom stereocenters. The van der Waals surface area contributed by atoms with Crippen molar-refractivity contribution in [1.29, 1.82) is 0 Å². The zero-order chi connectivity index (χ0) is 23.2. The molecule has 0 bridgehead atoms. The van der Waals surface area contributed by atoms with Crippen molar-refractivity contribution in [2.45, 2.75) is 39.8 Å². The Morgan fingerprint density at radius 3 is 2.70 bits per heavy atom. The summed E-state index contributed by atoms with van der Waals surface area (Å²) < 4.78 is 11.6. The number of nitrogens with zero attached hydrogens (tertiary/aromatic N) is 1. The number of benzene rings is 2. The Labute approximate surface area is 194 Å². The van der Waals surface area contributed by atoms with Gasteiger partial charge in [0.1, 0.15) is 18.1 Å². The van der Waals surface area contributed by atoms with Crippen LogP contribution in [-0.4, -0.2) is 29.9 Å². The predicted octanol–water partition coefficient (Wildman–Crippen LogP) is 5.03. The zero-order valence-electron chi connectivity index (χ0n) is 19.2. The summed E-state index contributed by atoms with van der Waals surface area (Å²) in [7, 11) is 0. The van der Waals surface area contributed by atoms with Crippen molar-refractivity contribution < 1.29 is 18.7 Å². The average Bonchev–Trinajstić information content (AvgIpc) is 3.23. The molecular formula is C27H30N2O4. The van der Waals surface area contributed by atoms with E-state index in [0.29, 0.717) is 44.1 Å². The van der Waals surface area contributed by atoms with Crippen molar-refractivity contribution in [3.8, 4) is 11.3 Å². The molecular weight excluding hydrogens is 416 g/mol. The van der Waals surface area contributed by atoms with Crippen molar-refractivity contribution in [2.24, 2.45) is 5.92 Å². The lowest BCUT2D eigenvalue weighted by Crippen LogP contribution is -2.35. The highest BCUT2D eigenvalue weighted by atomic mass is 16.5. The monoisotopic (exact) mass is 446 g/mol. The molecule has 6 heteroatoms. The number of rotatable bonds is 8. The molecule has 1 aliphatic rings. The number of carbonyl (C=O) groups is 2. The lowest BCUT2D eigenvalue weighted by molar-refractivity contribution is -0.133. The van der Waals surface area contributed by atoms with Crippen molar-refractivity contribution >= 4 is 17.5 Å². The maximum absolute atomic E-state index is 12.4. The van der Waals surface area contributed by atoms with Crippen LogP contribution in [0.25, 0.3) is 11.3 Å². The van der Waals surface area contributed by atoms with Crippen LogP contribution in [0.4, 0.5) is 5.69 Å². The average molecular weight is 447 g/mol. The summed E-state index contributed by atoms with van der Waals surface area (Å²) in [5.41, 5.74) is 3.65. The standard InChI is InChI=1S/C27H30N2O4/c1-19(2)13-27(31)29-12-11-24-22(16-29)15-25(33-24)21-9-6-10-23(14-21)28-26(30)18-32-17-20-7-4-3-5-8-20/h3-10,14-15,19H,11-13,16-18H2,1-2H3,(H,28,30). The molecule has 6 nitrogen and oxygen atoms in total. The van der Waals surface area contributed by atoms with Crippen molar-refractivity contribution in [2.75, 3.05) is 18.5 Å². The van der Waals surface area contributed by atoms with Crippen LogP contribution < -0.4 is 5.32 Å². The Bertz CT molecular complexity index is 1100.